The summed E-state index contributed by atoms with van der Waals surface area (Å²) in [6.07, 6.45) is 0. The minimum absolute atomic E-state index is 0.611. The number of rotatable bonds is 5. The van der Waals surface area contributed by atoms with Crippen molar-refractivity contribution in [1.82, 2.24) is 4.90 Å². The van der Waals surface area contributed by atoms with Gasteiger partial charge in [0.25, 0.3) is 0 Å². The van der Waals surface area contributed by atoms with Crippen molar-refractivity contribution >= 4 is 0 Å². The second-order valence-corrected chi connectivity index (χ2v) is 5.18. The highest BCUT2D eigenvalue weighted by molar-refractivity contribution is 5.23. The lowest BCUT2D eigenvalue weighted by atomic mass is 10.1. The number of nitrogens with zero attached hydrogens (tertiary/aromatic N) is 1. The minimum Gasteiger partial charge on any atom is -0.326 e. The Hall–Kier alpha value is -1.64. The van der Waals surface area contributed by atoms with E-state index in [1.807, 2.05) is 0 Å². The predicted octanol–water partition coefficient (Wildman–Crippen LogP) is 3.09. The van der Waals surface area contributed by atoms with Gasteiger partial charge in [-0.05, 0) is 30.7 Å². The lowest BCUT2D eigenvalue weighted by molar-refractivity contribution is 0.319. The Bertz CT molecular complexity index is 500. The fourth-order valence-corrected chi connectivity index (χ4v) is 2.15. The molecule has 0 aliphatic carbocycles. The zero-order chi connectivity index (χ0) is 13.7. The monoisotopic (exact) mass is 254 g/mol. The van der Waals surface area contributed by atoms with Crippen LogP contribution in [0.5, 0.6) is 0 Å². The van der Waals surface area contributed by atoms with Gasteiger partial charge in [0.15, 0.2) is 0 Å². The summed E-state index contributed by atoms with van der Waals surface area (Å²) in [7, 11) is 2.15. The molecule has 0 heterocycles. The number of nitrogens with two attached hydrogens (primary N) is 1. The first-order chi connectivity index (χ1) is 9.17. The maximum absolute atomic E-state index is 5.61. The molecule has 0 fully saturated rings. The van der Waals surface area contributed by atoms with Crippen molar-refractivity contribution in [3.63, 3.8) is 0 Å². The van der Waals surface area contributed by atoms with E-state index in [2.05, 4.69) is 67.4 Å². The number of aryl methyl sites for hydroxylation is 1. The third-order valence-electron chi connectivity index (χ3n) is 3.28. The normalized spacial score (nSPS) is 10.9. The smallest absolute Gasteiger partial charge is 0.0234 e. The molecule has 2 aromatic rings. The molecule has 0 bridgehead atoms. The molecule has 2 aromatic carbocycles. The molecule has 100 valence electrons. The zero-order valence-electron chi connectivity index (χ0n) is 11.8. The van der Waals surface area contributed by atoms with E-state index in [9.17, 15) is 0 Å². The highest BCUT2D eigenvalue weighted by atomic mass is 15.1. The van der Waals surface area contributed by atoms with Crippen molar-refractivity contribution in [2.45, 2.75) is 26.6 Å². The Labute approximate surface area is 115 Å². The van der Waals surface area contributed by atoms with Gasteiger partial charge in [-0.15, -0.1) is 0 Å². The van der Waals surface area contributed by atoms with E-state index < -0.39 is 0 Å². The van der Waals surface area contributed by atoms with Gasteiger partial charge in [0.05, 0.1) is 0 Å². The molecular weight excluding hydrogens is 232 g/mol. The molecule has 0 aliphatic rings. The summed E-state index contributed by atoms with van der Waals surface area (Å²) in [5, 5.41) is 0. The number of hydrogen-bond acceptors (Lipinski definition) is 2. The van der Waals surface area contributed by atoms with E-state index in [4.69, 9.17) is 5.73 Å². The summed E-state index contributed by atoms with van der Waals surface area (Å²) >= 11 is 0. The van der Waals surface area contributed by atoms with Crippen LogP contribution < -0.4 is 5.73 Å². The summed E-state index contributed by atoms with van der Waals surface area (Å²) < 4.78 is 0. The SMILES string of the molecule is Cc1ccc(CN(C)Cc2ccc(CN)cc2)cc1. The zero-order valence-corrected chi connectivity index (χ0v) is 11.8. The average molecular weight is 254 g/mol. The second kappa shape index (κ2) is 6.50. The topological polar surface area (TPSA) is 29.3 Å². The molecule has 2 N–H and O–H groups in total. The molecule has 2 heteroatoms. The third-order valence-corrected chi connectivity index (χ3v) is 3.28. The molecule has 0 radical (unpaired) electrons. The molecule has 0 saturated heterocycles. The Morgan fingerprint density at radius 3 is 1.68 bits per heavy atom. The molecule has 0 aromatic heterocycles. The molecular formula is C17H22N2. The van der Waals surface area contributed by atoms with Crippen molar-refractivity contribution < 1.29 is 0 Å². The summed E-state index contributed by atoms with van der Waals surface area (Å²) in [6, 6.07) is 17.3. The summed E-state index contributed by atoms with van der Waals surface area (Å²) in [5.74, 6) is 0. The summed E-state index contributed by atoms with van der Waals surface area (Å²) in [5.41, 5.74) is 10.8. The predicted molar refractivity (Wildman–Crippen MR) is 80.7 cm³/mol. The van der Waals surface area contributed by atoms with Gasteiger partial charge in [0.1, 0.15) is 0 Å². The van der Waals surface area contributed by atoms with Gasteiger partial charge in [-0.3, -0.25) is 4.90 Å². The van der Waals surface area contributed by atoms with Gasteiger partial charge in [-0.2, -0.15) is 0 Å². The highest BCUT2D eigenvalue weighted by Gasteiger charge is 2.02. The van der Waals surface area contributed by atoms with E-state index in [0.717, 1.165) is 13.1 Å². The standard InChI is InChI=1S/C17H22N2/c1-14-3-5-16(6-4-14)12-19(2)13-17-9-7-15(11-18)8-10-17/h3-10H,11-13,18H2,1-2H3. The maximum Gasteiger partial charge on any atom is 0.0234 e. The molecule has 0 saturated carbocycles. The van der Waals surface area contributed by atoms with Crippen molar-refractivity contribution in [1.29, 1.82) is 0 Å². The van der Waals surface area contributed by atoms with Crippen molar-refractivity contribution in [3.05, 3.63) is 70.8 Å². The van der Waals surface area contributed by atoms with Crippen LogP contribution in [0.4, 0.5) is 0 Å². The van der Waals surface area contributed by atoms with E-state index in [1.54, 1.807) is 0 Å². The van der Waals surface area contributed by atoms with Crippen LogP contribution in [0.25, 0.3) is 0 Å². The molecule has 19 heavy (non-hydrogen) atoms. The van der Waals surface area contributed by atoms with Crippen LogP contribution in [0.2, 0.25) is 0 Å². The Morgan fingerprint density at radius 1 is 0.789 bits per heavy atom. The van der Waals surface area contributed by atoms with Crippen LogP contribution in [0, 0.1) is 6.92 Å². The largest absolute Gasteiger partial charge is 0.326 e. The van der Waals surface area contributed by atoms with Gasteiger partial charge >= 0.3 is 0 Å². The molecule has 2 rings (SSSR count). The van der Waals surface area contributed by atoms with Crippen LogP contribution >= 0.6 is 0 Å². The second-order valence-electron chi connectivity index (χ2n) is 5.18. The molecule has 0 aliphatic heterocycles. The Kier molecular flexibility index (Phi) is 4.72. The maximum atomic E-state index is 5.61. The molecule has 0 atom stereocenters. The van der Waals surface area contributed by atoms with Gasteiger partial charge in [-0.1, -0.05) is 54.1 Å². The first-order valence-electron chi connectivity index (χ1n) is 6.69. The third kappa shape index (κ3) is 4.19. The van der Waals surface area contributed by atoms with E-state index in [1.165, 1.54) is 22.3 Å². The number of benzene rings is 2. The molecule has 2 nitrogen and oxygen atoms in total. The van der Waals surface area contributed by atoms with Crippen LogP contribution in [0.15, 0.2) is 48.5 Å². The van der Waals surface area contributed by atoms with Gasteiger partial charge in [0, 0.05) is 19.6 Å². The van der Waals surface area contributed by atoms with E-state index in [0.29, 0.717) is 6.54 Å². The van der Waals surface area contributed by atoms with E-state index in [-0.39, 0.29) is 0 Å². The van der Waals surface area contributed by atoms with Crippen molar-refractivity contribution in [3.8, 4) is 0 Å². The van der Waals surface area contributed by atoms with Crippen LogP contribution in [0.1, 0.15) is 22.3 Å². The molecule has 0 unspecified atom stereocenters. The fraction of sp³-hybridized carbons (Fsp3) is 0.294. The van der Waals surface area contributed by atoms with Gasteiger partial charge in [0.2, 0.25) is 0 Å². The molecule has 0 amide bonds. The number of hydrogen-bond donors (Lipinski definition) is 1. The summed E-state index contributed by atoms with van der Waals surface area (Å²) in [6.45, 7) is 4.66. The fourth-order valence-electron chi connectivity index (χ4n) is 2.15. The average Bonchev–Trinajstić information content (AvgIpc) is 2.42. The van der Waals surface area contributed by atoms with Gasteiger partial charge < -0.3 is 5.73 Å². The van der Waals surface area contributed by atoms with Crippen LogP contribution in [0.3, 0.4) is 0 Å². The van der Waals surface area contributed by atoms with Gasteiger partial charge in [-0.25, -0.2) is 0 Å². The van der Waals surface area contributed by atoms with Crippen molar-refractivity contribution in [2.24, 2.45) is 5.73 Å². The lowest BCUT2D eigenvalue weighted by Gasteiger charge is -2.17. The van der Waals surface area contributed by atoms with Crippen molar-refractivity contribution in [2.75, 3.05) is 7.05 Å². The molecule has 0 spiro atoms. The Morgan fingerprint density at radius 2 is 1.21 bits per heavy atom. The Balaban J connectivity index is 1.92. The van der Waals surface area contributed by atoms with Crippen LogP contribution in [-0.4, -0.2) is 11.9 Å². The quantitative estimate of drug-likeness (QED) is 0.888. The van der Waals surface area contributed by atoms with E-state index >= 15 is 0 Å². The summed E-state index contributed by atoms with van der Waals surface area (Å²) in [4.78, 5) is 2.32. The first-order valence-corrected chi connectivity index (χ1v) is 6.69. The highest BCUT2D eigenvalue weighted by Crippen LogP contribution is 2.10. The first kappa shape index (κ1) is 13.8. The van der Waals surface area contributed by atoms with Crippen LogP contribution in [-0.2, 0) is 19.6 Å². The lowest BCUT2D eigenvalue weighted by Crippen LogP contribution is -2.17. The minimum atomic E-state index is 0.611.